The van der Waals surface area contributed by atoms with Gasteiger partial charge >= 0.3 is 5.97 Å². The van der Waals surface area contributed by atoms with Crippen LogP contribution in [0.25, 0.3) is 0 Å². The predicted molar refractivity (Wildman–Crippen MR) is 86.4 cm³/mol. The van der Waals surface area contributed by atoms with E-state index in [0.29, 0.717) is 19.3 Å². The molecule has 3 rings (SSSR count). The van der Waals surface area contributed by atoms with Crippen LogP contribution in [0.3, 0.4) is 0 Å². The molecule has 1 N–H and O–H groups in total. The summed E-state index contributed by atoms with van der Waals surface area (Å²) in [6.07, 6.45) is 2.71. The molecule has 3 heteroatoms. The van der Waals surface area contributed by atoms with Gasteiger partial charge in [-0.2, -0.15) is 0 Å². The molecule has 2 nitrogen and oxygen atoms in total. The minimum Gasteiger partial charge on any atom is -0.481 e. The highest BCUT2D eigenvalue weighted by Gasteiger charge is 2.41. The molecule has 1 aliphatic carbocycles. The van der Waals surface area contributed by atoms with Gasteiger partial charge in [0.05, 0.1) is 5.41 Å². The average molecular weight is 345 g/mol. The number of carbonyl (C=O) groups is 1. The van der Waals surface area contributed by atoms with Crippen molar-refractivity contribution in [1.29, 1.82) is 0 Å². The molecule has 2 aromatic carbocycles. The summed E-state index contributed by atoms with van der Waals surface area (Å²) in [6, 6.07) is 16.1. The standard InChI is InChI=1S/C18H17BrO2/c19-16-8-4-3-7-15(16)12-18(17(20)21)10-9-13-5-1-2-6-14(13)11-18/h1-8H,9-12H2,(H,20,21). The van der Waals surface area contributed by atoms with E-state index in [4.69, 9.17) is 0 Å². The Bertz CT molecular complexity index is 680. The number of aliphatic carboxylic acids is 1. The van der Waals surface area contributed by atoms with Crippen LogP contribution in [0.4, 0.5) is 0 Å². The fourth-order valence-corrected chi connectivity index (χ4v) is 3.64. The van der Waals surface area contributed by atoms with Crippen molar-refractivity contribution >= 4 is 21.9 Å². The smallest absolute Gasteiger partial charge is 0.310 e. The van der Waals surface area contributed by atoms with Crippen molar-refractivity contribution in [3.8, 4) is 0 Å². The molecular weight excluding hydrogens is 328 g/mol. The van der Waals surface area contributed by atoms with Crippen LogP contribution in [0.15, 0.2) is 53.0 Å². The molecule has 0 bridgehead atoms. The zero-order valence-electron chi connectivity index (χ0n) is 11.7. The van der Waals surface area contributed by atoms with E-state index in [-0.39, 0.29) is 0 Å². The quantitative estimate of drug-likeness (QED) is 0.903. The molecule has 0 aromatic heterocycles. The van der Waals surface area contributed by atoms with Crippen LogP contribution in [0.5, 0.6) is 0 Å². The highest BCUT2D eigenvalue weighted by atomic mass is 79.9. The second-order valence-electron chi connectivity index (χ2n) is 5.80. The van der Waals surface area contributed by atoms with E-state index in [0.717, 1.165) is 16.5 Å². The maximum absolute atomic E-state index is 12.0. The topological polar surface area (TPSA) is 37.3 Å². The van der Waals surface area contributed by atoms with Gasteiger partial charge in [0, 0.05) is 4.47 Å². The highest BCUT2D eigenvalue weighted by molar-refractivity contribution is 9.10. The Morgan fingerprint density at radius 2 is 1.76 bits per heavy atom. The molecule has 0 heterocycles. The monoisotopic (exact) mass is 344 g/mol. The summed E-state index contributed by atoms with van der Waals surface area (Å²) in [6.45, 7) is 0. The summed E-state index contributed by atoms with van der Waals surface area (Å²) in [5.74, 6) is -0.687. The molecule has 1 atom stereocenters. The molecule has 1 unspecified atom stereocenters. The Hall–Kier alpha value is -1.61. The van der Waals surface area contributed by atoms with Crippen LogP contribution in [0.2, 0.25) is 0 Å². The van der Waals surface area contributed by atoms with Gasteiger partial charge in [0.25, 0.3) is 0 Å². The van der Waals surface area contributed by atoms with Crippen LogP contribution in [-0.4, -0.2) is 11.1 Å². The third kappa shape index (κ3) is 2.75. The number of carboxylic acids is 1. The number of rotatable bonds is 3. The summed E-state index contributed by atoms with van der Waals surface area (Å²) >= 11 is 3.54. The van der Waals surface area contributed by atoms with Crippen LogP contribution in [0.1, 0.15) is 23.1 Å². The van der Waals surface area contributed by atoms with Crippen molar-refractivity contribution in [2.45, 2.75) is 25.7 Å². The number of aryl methyl sites for hydroxylation is 1. The van der Waals surface area contributed by atoms with Crippen molar-refractivity contribution < 1.29 is 9.90 Å². The van der Waals surface area contributed by atoms with E-state index in [1.54, 1.807) is 0 Å². The first-order valence-electron chi connectivity index (χ1n) is 7.14. The summed E-state index contributed by atoms with van der Waals surface area (Å²) < 4.78 is 0.990. The summed E-state index contributed by atoms with van der Waals surface area (Å²) in [4.78, 5) is 12.0. The fraction of sp³-hybridized carbons (Fsp3) is 0.278. The van der Waals surface area contributed by atoms with E-state index in [1.807, 2.05) is 36.4 Å². The maximum Gasteiger partial charge on any atom is 0.310 e. The summed E-state index contributed by atoms with van der Waals surface area (Å²) in [7, 11) is 0. The molecule has 21 heavy (non-hydrogen) atoms. The van der Waals surface area contributed by atoms with Gasteiger partial charge in [-0.15, -0.1) is 0 Å². The van der Waals surface area contributed by atoms with Gasteiger partial charge in [-0.05, 0) is 48.4 Å². The second kappa shape index (κ2) is 5.64. The predicted octanol–water partition coefficient (Wildman–Crippen LogP) is 4.25. The zero-order chi connectivity index (χ0) is 14.9. The third-order valence-corrected chi connectivity index (χ3v) is 5.23. The van der Waals surface area contributed by atoms with Gasteiger partial charge in [-0.1, -0.05) is 58.4 Å². The van der Waals surface area contributed by atoms with Crippen molar-refractivity contribution in [3.05, 3.63) is 69.7 Å². The molecule has 0 amide bonds. The zero-order valence-corrected chi connectivity index (χ0v) is 13.3. The van der Waals surface area contributed by atoms with Gasteiger partial charge in [-0.25, -0.2) is 0 Å². The molecule has 108 valence electrons. The SMILES string of the molecule is O=C(O)C1(Cc2ccccc2Br)CCc2ccccc2C1. The Morgan fingerprint density at radius 3 is 2.48 bits per heavy atom. The van der Waals surface area contributed by atoms with Crippen LogP contribution in [-0.2, 0) is 24.1 Å². The van der Waals surface area contributed by atoms with Crippen molar-refractivity contribution in [2.24, 2.45) is 5.41 Å². The van der Waals surface area contributed by atoms with Gasteiger partial charge in [-0.3, -0.25) is 4.79 Å². The molecular formula is C18H17BrO2. The number of carboxylic acid groups (broad SMARTS) is 1. The fourth-order valence-electron chi connectivity index (χ4n) is 3.22. The highest BCUT2D eigenvalue weighted by Crippen LogP contribution is 2.39. The van der Waals surface area contributed by atoms with Crippen molar-refractivity contribution in [3.63, 3.8) is 0 Å². The second-order valence-corrected chi connectivity index (χ2v) is 6.65. The first-order chi connectivity index (χ1) is 10.1. The van der Waals surface area contributed by atoms with E-state index in [2.05, 4.69) is 28.1 Å². The lowest BCUT2D eigenvalue weighted by Gasteiger charge is -2.35. The minimum atomic E-state index is -0.696. The molecule has 0 saturated carbocycles. The Balaban J connectivity index is 1.96. The van der Waals surface area contributed by atoms with Crippen LogP contribution in [0, 0.1) is 5.41 Å². The molecule has 0 radical (unpaired) electrons. The Labute approximate surface area is 132 Å². The molecule has 0 aliphatic heterocycles. The first-order valence-corrected chi connectivity index (χ1v) is 7.94. The number of hydrogen-bond donors (Lipinski definition) is 1. The molecule has 0 saturated heterocycles. The molecule has 0 fully saturated rings. The minimum absolute atomic E-state index is 0.568. The van der Waals surface area contributed by atoms with Crippen molar-refractivity contribution in [1.82, 2.24) is 0 Å². The summed E-state index contributed by atoms with van der Waals surface area (Å²) in [5, 5.41) is 9.85. The largest absolute Gasteiger partial charge is 0.481 e. The Kier molecular flexibility index (Phi) is 3.85. The van der Waals surface area contributed by atoms with Gasteiger partial charge in [0.1, 0.15) is 0 Å². The number of hydrogen-bond acceptors (Lipinski definition) is 1. The lowest BCUT2D eigenvalue weighted by atomic mass is 9.68. The van der Waals surface area contributed by atoms with E-state index in [9.17, 15) is 9.90 Å². The first kappa shape index (κ1) is 14.3. The molecule has 1 aliphatic rings. The lowest BCUT2D eigenvalue weighted by molar-refractivity contribution is -0.149. The van der Waals surface area contributed by atoms with Gasteiger partial charge in [0.15, 0.2) is 0 Å². The third-order valence-electron chi connectivity index (χ3n) is 4.46. The normalized spacial score (nSPS) is 20.8. The average Bonchev–Trinajstić information content (AvgIpc) is 2.49. The maximum atomic E-state index is 12.0. The van der Waals surface area contributed by atoms with Gasteiger partial charge in [0.2, 0.25) is 0 Å². The molecule has 0 spiro atoms. The lowest BCUT2D eigenvalue weighted by Crippen LogP contribution is -2.39. The number of halogens is 1. The van der Waals surface area contributed by atoms with E-state index < -0.39 is 11.4 Å². The molecule has 2 aromatic rings. The Morgan fingerprint density at radius 1 is 1.10 bits per heavy atom. The van der Waals surface area contributed by atoms with Crippen molar-refractivity contribution in [2.75, 3.05) is 0 Å². The van der Waals surface area contributed by atoms with Crippen LogP contribution >= 0.6 is 15.9 Å². The number of benzene rings is 2. The van der Waals surface area contributed by atoms with Gasteiger partial charge < -0.3 is 5.11 Å². The number of fused-ring (bicyclic) bond motifs is 1. The van der Waals surface area contributed by atoms with E-state index >= 15 is 0 Å². The summed E-state index contributed by atoms with van der Waals surface area (Å²) in [5.41, 5.74) is 2.84. The van der Waals surface area contributed by atoms with Crippen LogP contribution < -0.4 is 0 Å². The van der Waals surface area contributed by atoms with E-state index in [1.165, 1.54) is 11.1 Å².